The molecule has 0 spiro atoms. The van der Waals surface area contributed by atoms with Crippen LogP contribution >= 0.6 is 23.2 Å². The predicted octanol–water partition coefficient (Wildman–Crippen LogP) is 2.89. The first-order valence-corrected chi connectivity index (χ1v) is 8.31. The van der Waals surface area contributed by atoms with Gasteiger partial charge in [0, 0.05) is 15.6 Å². The standard InChI is InChI=1S/C18H20Cl2N2O/c1-13(16-5-3-4-6-17(16)20)21-18(23)12-22(2)11-14-7-9-15(19)10-8-14/h3-10,13H,11-12H2,1-2H3,(H,21,23)/p+1/t13-/m1/s1. The van der Waals surface area contributed by atoms with Crippen LogP contribution in [0.15, 0.2) is 48.5 Å². The van der Waals surface area contributed by atoms with Crippen LogP contribution in [0.25, 0.3) is 0 Å². The van der Waals surface area contributed by atoms with Crippen molar-refractivity contribution in [3.8, 4) is 0 Å². The summed E-state index contributed by atoms with van der Waals surface area (Å²) in [7, 11) is 1.99. The summed E-state index contributed by atoms with van der Waals surface area (Å²) in [5.41, 5.74) is 2.08. The summed E-state index contributed by atoms with van der Waals surface area (Å²) in [5.74, 6) is 0.00360. The van der Waals surface area contributed by atoms with Crippen molar-refractivity contribution in [2.24, 2.45) is 0 Å². The normalized spacial score (nSPS) is 13.4. The Morgan fingerprint density at radius 1 is 1.13 bits per heavy atom. The molecule has 0 aliphatic heterocycles. The Kier molecular flexibility index (Phi) is 6.46. The summed E-state index contributed by atoms with van der Waals surface area (Å²) < 4.78 is 0. The van der Waals surface area contributed by atoms with E-state index < -0.39 is 0 Å². The molecule has 1 amide bonds. The van der Waals surface area contributed by atoms with Crippen molar-refractivity contribution in [1.29, 1.82) is 0 Å². The zero-order chi connectivity index (χ0) is 16.8. The molecule has 2 N–H and O–H groups in total. The molecule has 1 unspecified atom stereocenters. The van der Waals surface area contributed by atoms with Crippen LogP contribution in [0.4, 0.5) is 0 Å². The topological polar surface area (TPSA) is 33.5 Å². The minimum Gasteiger partial charge on any atom is -0.345 e. The second-order valence-electron chi connectivity index (χ2n) is 5.75. The maximum atomic E-state index is 12.2. The number of carbonyl (C=O) groups excluding carboxylic acids is 1. The molecule has 0 bridgehead atoms. The van der Waals surface area contributed by atoms with Gasteiger partial charge in [0.2, 0.25) is 0 Å². The van der Waals surface area contributed by atoms with E-state index in [9.17, 15) is 4.79 Å². The third-order valence-corrected chi connectivity index (χ3v) is 4.23. The van der Waals surface area contributed by atoms with Crippen molar-refractivity contribution in [2.75, 3.05) is 13.6 Å². The summed E-state index contributed by atoms with van der Waals surface area (Å²) in [6, 6.07) is 15.1. The van der Waals surface area contributed by atoms with E-state index in [2.05, 4.69) is 5.32 Å². The Bertz CT molecular complexity index is 658. The van der Waals surface area contributed by atoms with E-state index in [4.69, 9.17) is 23.2 Å². The van der Waals surface area contributed by atoms with Gasteiger partial charge in [-0.3, -0.25) is 4.79 Å². The molecule has 122 valence electrons. The van der Waals surface area contributed by atoms with Crippen LogP contribution in [0.3, 0.4) is 0 Å². The number of nitrogens with one attached hydrogen (secondary N) is 2. The highest BCUT2D eigenvalue weighted by atomic mass is 35.5. The largest absolute Gasteiger partial charge is 0.345 e. The molecule has 0 saturated heterocycles. The molecular weight excluding hydrogens is 331 g/mol. The Morgan fingerprint density at radius 3 is 2.43 bits per heavy atom. The molecule has 3 nitrogen and oxygen atoms in total. The number of likely N-dealkylation sites (N-methyl/N-ethyl adjacent to an activating group) is 1. The molecule has 2 rings (SSSR count). The van der Waals surface area contributed by atoms with Crippen molar-refractivity contribution in [2.45, 2.75) is 19.5 Å². The minimum atomic E-state index is -0.112. The smallest absolute Gasteiger partial charge is 0.275 e. The number of hydrogen-bond acceptors (Lipinski definition) is 1. The molecule has 0 aliphatic rings. The third kappa shape index (κ3) is 5.54. The second-order valence-corrected chi connectivity index (χ2v) is 6.59. The minimum absolute atomic E-state index is 0.00360. The van der Waals surface area contributed by atoms with E-state index in [0.717, 1.165) is 27.6 Å². The molecule has 0 aromatic heterocycles. The highest BCUT2D eigenvalue weighted by Gasteiger charge is 2.15. The van der Waals surface area contributed by atoms with Gasteiger partial charge in [0.05, 0.1) is 13.1 Å². The molecule has 0 heterocycles. The van der Waals surface area contributed by atoms with Crippen LogP contribution in [0, 0.1) is 0 Å². The number of rotatable bonds is 6. The summed E-state index contributed by atoms with van der Waals surface area (Å²) in [5, 5.41) is 4.39. The molecule has 23 heavy (non-hydrogen) atoms. The van der Waals surface area contributed by atoms with Crippen LogP contribution in [-0.2, 0) is 11.3 Å². The van der Waals surface area contributed by atoms with Gasteiger partial charge in [0.1, 0.15) is 6.54 Å². The van der Waals surface area contributed by atoms with Gasteiger partial charge in [-0.2, -0.15) is 0 Å². The Balaban J connectivity index is 1.86. The molecule has 0 aliphatic carbocycles. The molecule has 0 saturated carbocycles. The van der Waals surface area contributed by atoms with Crippen LogP contribution < -0.4 is 10.2 Å². The van der Waals surface area contributed by atoms with Gasteiger partial charge in [-0.05, 0) is 30.7 Å². The van der Waals surface area contributed by atoms with Gasteiger partial charge in [-0.15, -0.1) is 0 Å². The average molecular weight is 352 g/mol. The molecule has 2 aromatic rings. The lowest BCUT2D eigenvalue weighted by Gasteiger charge is -2.18. The Labute approximate surface area is 147 Å². The Hall–Kier alpha value is -1.55. The number of quaternary nitrogens is 1. The summed E-state index contributed by atoms with van der Waals surface area (Å²) >= 11 is 12.0. The fourth-order valence-electron chi connectivity index (χ4n) is 2.48. The lowest BCUT2D eigenvalue weighted by molar-refractivity contribution is -0.885. The van der Waals surface area contributed by atoms with Crippen LogP contribution in [0.1, 0.15) is 24.1 Å². The number of hydrogen-bond donors (Lipinski definition) is 2. The average Bonchev–Trinajstić information content (AvgIpc) is 2.49. The van der Waals surface area contributed by atoms with Crippen LogP contribution in [0.5, 0.6) is 0 Å². The van der Waals surface area contributed by atoms with Gasteiger partial charge in [-0.1, -0.05) is 53.5 Å². The van der Waals surface area contributed by atoms with Crippen LogP contribution in [-0.4, -0.2) is 19.5 Å². The lowest BCUT2D eigenvalue weighted by atomic mass is 10.1. The van der Waals surface area contributed by atoms with Crippen molar-refractivity contribution >= 4 is 29.1 Å². The van der Waals surface area contributed by atoms with Crippen molar-refractivity contribution in [3.63, 3.8) is 0 Å². The van der Waals surface area contributed by atoms with Gasteiger partial charge in [0.15, 0.2) is 6.54 Å². The zero-order valence-corrected chi connectivity index (χ0v) is 14.8. The first-order chi connectivity index (χ1) is 11.0. The van der Waals surface area contributed by atoms with E-state index >= 15 is 0 Å². The zero-order valence-electron chi connectivity index (χ0n) is 13.3. The molecule has 2 aromatic carbocycles. The number of benzene rings is 2. The summed E-state index contributed by atoms with van der Waals surface area (Å²) in [4.78, 5) is 13.3. The molecule has 5 heteroatoms. The highest BCUT2D eigenvalue weighted by molar-refractivity contribution is 6.31. The van der Waals surface area contributed by atoms with Crippen molar-refractivity contribution < 1.29 is 9.69 Å². The number of halogens is 2. The van der Waals surface area contributed by atoms with E-state index in [1.54, 1.807) is 0 Å². The number of amides is 1. The van der Waals surface area contributed by atoms with Gasteiger partial charge >= 0.3 is 0 Å². The molecule has 0 radical (unpaired) electrons. The molecule has 2 atom stereocenters. The highest BCUT2D eigenvalue weighted by Crippen LogP contribution is 2.21. The summed E-state index contributed by atoms with van der Waals surface area (Å²) in [6.45, 7) is 3.11. The van der Waals surface area contributed by atoms with Gasteiger partial charge in [0.25, 0.3) is 5.91 Å². The third-order valence-electron chi connectivity index (χ3n) is 3.63. The fourth-order valence-corrected chi connectivity index (χ4v) is 2.91. The maximum absolute atomic E-state index is 12.2. The van der Waals surface area contributed by atoms with Gasteiger partial charge < -0.3 is 10.2 Å². The second kappa shape index (κ2) is 8.34. The fraction of sp³-hybridized carbons (Fsp3) is 0.278. The van der Waals surface area contributed by atoms with Crippen molar-refractivity contribution in [3.05, 3.63) is 69.7 Å². The SMILES string of the molecule is C[C@@H](NC(=O)C[NH+](C)Cc1ccc(Cl)cc1)c1ccccc1Cl. The molecule has 0 fully saturated rings. The van der Waals surface area contributed by atoms with Crippen LogP contribution in [0.2, 0.25) is 10.0 Å². The predicted molar refractivity (Wildman–Crippen MR) is 94.9 cm³/mol. The number of carbonyl (C=O) groups is 1. The quantitative estimate of drug-likeness (QED) is 0.824. The van der Waals surface area contributed by atoms with Crippen molar-refractivity contribution in [1.82, 2.24) is 5.32 Å². The van der Waals surface area contributed by atoms with E-state index in [0.29, 0.717) is 11.6 Å². The first-order valence-electron chi connectivity index (χ1n) is 7.55. The first kappa shape index (κ1) is 17.8. The molecular formula is C18H21Cl2N2O+. The van der Waals surface area contributed by atoms with E-state index in [-0.39, 0.29) is 11.9 Å². The van der Waals surface area contributed by atoms with Gasteiger partial charge in [-0.25, -0.2) is 0 Å². The van der Waals surface area contributed by atoms with E-state index in [1.165, 1.54) is 0 Å². The monoisotopic (exact) mass is 351 g/mol. The lowest BCUT2D eigenvalue weighted by Crippen LogP contribution is -3.08. The Morgan fingerprint density at radius 2 is 1.78 bits per heavy atom. The maximum Gasteiger partial charge on any atom is 0.275 e. The summed E-state index contributed by atoms with van der Waals surface area (Å²) in [6.07, 6.45) is 0. The van der Waals surface area contributed by atoms with E-state index in [1.807, 2.05) is 62.5 Å².